The Hall–Kier alpha value is 0.137. The predicted octanol–water partition coefficient (Wildman–Crippen LogP) is 1.96. The first kappa shape index (κ1) is 11.2. The van der Waals surface area contributed by atoms with E-state index < -0.39 is 13.7 Å². The van der Waals surface area contributed by atoms with Gasteiger partial charge in [0.1, 0.15) is 0 Å². The Labute approximate surface area is 82.5 Å². The third-order valence-corrected chi connectivity index (χ3v) is 6.37. The SMILES string of the molecule is C[Si](C)(C)[C@H]1CCC[C@@](O)(CN)C1. The van der Waals surface area contributed by atoms with Gasteiger partial charge in [0.05, 0.1) is 5.60 Å². The zero-order valence-electron chi connectivity index (χ0n) is 9.14. The largest absolute Gasteiger partial charge is 0.389 e. The molecular weight excluding hydrogens is 178 g/mol. The van der Waals surface area contributed by atoms with Crippen LogP contribution in [0.5, 0.6) is 0 Å². The maximum absolute atomic E-state index is 10.1. The maximum atomic E-state index is 10.1. The minimum Gasteiger partial charge on any atom is -0.389 e. The van der Waals surface area contributed by atoms with Crippen molar-refractivity contribution in [2.75, 3.05) is 6.54 Å². The second-order valence-corrected chi connectivity index (χ2v) is 11.1. The first-order valence-electron chi connectivity index (χ1n) is 5.30. The molecule has 1 saturated carbocycles. The van der Waals surface area contributed by atoms with Crippen molar-refractivity contribution in [3.05, 3.63) is 0 Å². The molecule has 0 unspecified atom stereocenters. The smallest absolute Gasteiger partial charge is 0.0769 e. The number of nitrogens with two attached hydrogens (primary N) is 1. The van der Waals surface area contributed by atoms with E-state index in [0.29, 0.717) is 6.54 Å². The van der Waals surface area contributed by atoms with E-state index in [0.717, 1.165) is 24.8 Å². The molecule has 0 amide bonds. The summed E-state index contributed by atoms with van der Waals surface area (Å²) in [6.07, 6.45) is 4.31. The lowest BCUT2D eigenvalue weighted by Gasteiger charge is -2.41. The van der Waals surface area contributed by atoms with Crippen LogP contribution in [0.4, 0.5) is 0 Å². The van der Waals surface area contributed by atoms with Gasteiger partial charge in [0.25, 0.3) is 0 Å². The lowest BCUT2D eigenvalue weighted by atomic mass is 9.84. The highest BCUT2D eigenvalue weighted by Gasteiger charge is 2.38. The summed E-state index contributed by atoms with van der Waals surface area (Å²) in [5.74, 6) is 0. The highest BCUT2D eigenvalue weighted by molar-refractivity contribution is 6.77. The van der Waals surface area contributed by atoms with Gasteiger partial charge in [-0.2, -0.15) is 0 Å². The van der Waals surface area contributed by atoms with Crippen LogP contribution in [0.3, 0.4) is 0 Å². The van der Waals surface area contributed by atoms with Gasteiger partial charge in [-0.05, 0) is 18.4 Å². The fourth-order valence-corrected chi connectivity index (χ4v) is 4.33. The molecule has 1 fully saturated rings. The average molecular weight is 201 g/mol. The second-order valence-electron chi connectivity index (χ2n) is 5.59. The van der Waals surface area contributed by atoms with Crippen LogP contribution in [-0.2, 0) is 0 Å². The number of hydrogen-bond donors (Lipinski definition) is 2. The summed E-state index contributed by atoms with van der Waals surface area (Å²) in [5, 5.41) is 10.1. The molecule has 0 radical (unpaired) electrons. The summed E-state index contributed by atoms with van der Waals surface area (Å²) in [6, 6.07) is 0. The van der Waals surface area contributed by atoms with Crippen LogP contribution in [0.1, 0.15) is 25.7 Å². The third kappa shape index (κ3) is 2.79. The molecule has 3 N–H and O–H groups in total. The van der Waals surface area contributed by atoms with Crippen molar-refractivity contribution in [1.29, 1.82) is 0 Å². The van der Waals surface area contributed by atoms with Crippen LogP contribution >= 0.6 is 0 Å². The molecular formula is C10H23NOSi. The van der Waals surface area contributed by atoms with E-state index in [1.807, 2.05) is 0 Å². The number of hydrogen-bond acceptors (Lipinski definition) is 2. The fourth-order valence-electron chi connectivity index (χ4n) is 2.26. The molecule has 2 atom stereocenters. The van der Waals surface area contributed by atoms with Crippen molar-refractivity contribution in [3.63, 3.8) is 0 Å². The molecule has 1 aliphatic carbocycles. The Balaban J connectivity index is 2.62. The molecule has 0 spiro atoms. The van der Waals surface area contributed by atoms with Gasteiger partial charge in [0, 0.05) is 14.6 Å². The Bertz CT molecular complexity index is 178. The van der Waals surface area contributed by atoms with Crippen LogP contribution in [0.2, 0.25) is 25.2 Å². The molecule has 0 heterocycles. The molecule has 0 aromatic carbocycles. The molecule has 0 bridgehead atoms. The van der Waals surface area contributed by atoms with Crippen molar-refractivity contribution >= 4 is 8.07 Å². The molecule has 0 aromatic rings. The van der Waals surface area contributed by atoms with Crippen LogP contribution < -0.4 is 5.73 Å². The van der Waals surface area contributed by atoms with Crippen LogP contribution in [0.15, 0.2) is 0 Å². The van der Waals surface area contributed by atoms with E-state index in [-0.39, 0.29) is 0 Å². The Morgan fingerprint density at radius 1 is 1.46 bits per heavy atom. The van der Waals surface area contributed by atoms with Gasteiger partial charge in [0.2, 0.25) is 0 Å². The Kier molecular flexibility index (Phi) is 3.20. The molecule has 1 aliphatic rings. The van der Waals surface area contributed by atoms with Gasteiger partial charge in [-0.25, -0.2) is 0 Å². The van der Waals surface area contributed by atoms with Gasteiger partial charge in [0.15, 0.2) is 0 Å². The average Bonchev–Trinajstić information content (AvgIpc) is 2.03. The molecule has 1 rings (SSSR count). The number of rotatable bonds is 2. The maximum Gasteiger partial charge on any atom is 0.0769 e. The molecule has 13 heavy (non-hydrogen) atoms. The summed E-state index contributed by atoms with van der Waals surface area (Å²) < 4.78 is 0. The van der Waals surface area contributed by atoms with Crippen molar-refractivity contribution in [2.45, 2.75) is 56.5 Å². The van der Waals surface area contributed by atoms with E-state index in [1.54, 1.807) is 0 Å². The summed E-state index contributed by atoms with van der Waals surface area (Å²) >= 11 is 0. The van der Waals surface area contributed by atoms with Crippen LogP contribution in [0, 0.1) is 0 Å². The highest BCUT2D eigenvalue weighted by atomic mass is 28.3. The van der Waals surface area contributed by atoms with Crippen molar-refractivity contribution in [3.8, 4) is 0 Å². The Morgan fingerprint density at radius 3 is 2.54 bits per heavy atom. The van der Waals surface area contributed by atoms with Crippen molar-refractivity contribution in [1.82, 2.24) is 0 Å². The lowest BCUT2D eigenvalue weighted by molar-refractivity contribution is 0.0120. The zero-order valence-corrected chi connectivity index (χ0v) is 10.1. The van der Waals surface area contributed by atoms with Gasteiger partial charge in [-0.1, -0.05) is 32.5 Å². The quantitative estimate of drug-likeness (QED) is 0.671. The minimum atomic E-state index is -1.08. The summed E-state index contributed by atoms with van der Waals surface area (Å²) in [5.41, 5.74) is 5.83. The normalized spacial score (nSPS) is 36.2. The summed E-state index contributed by atoms with van der Waals surface area (Å²) in [6.45, 7) is 7.60. The third-order valence-electron chi connectivity index (χ3n) is 3.43. The molecule has 0 aromatic heterocycles. The van der Waals surface area contributed by atoms with Crippen LogP contribution in [0.25, 0.3) is 0 Å². The van der Waals surface area contributed by atoms with Gasteiger partial charge in [-0.15, -0.1) is 0 Å². The first-order valence-corrected chi connectivity index (χ1v) is 8.88. The monoisotopic (exact) mass is 201 g/mol. The van der Waals surface area contributed by atoms with Crippen molar-refractivity contribution < 1.29 is 5.11 Å². The van der Waals surface area contributed by atoms with E-state index in [2.05, 4.69) is 19.6 Å². The molecule has 2 nitrogen and oxygen atoms in total. The van der Waals surface area contributed by atoms with Crippen LogP contribution in [-0.4, -0.2) is 25.3 Å². The van der Waals surface area contributed by atoms with E-state index in [9.17, 15) is 5.11 Å². The Morgan fingerprint density at radius 2 is 2.08 bits per heavy atom. The van der Waals surface area contributed by atoms with Gasteiger partial charge in [-0.3, -0.25) is 0 Å². The van der Waals surface area contributed by atoms with E-state index >= 15 is 0 Å². The molecule has 78 valence electrons. The topological polar surface area (TPSA) is 46.2 Å². The minimum absolute atomic E-state index is 0.438. The summed E-state index contributed by atoms with van der Waals surface area (Å²) in [7, 11) is -1.08. The van der Waals surface area contributed by atoms with Gasteiger partial charge >= 0.3 is 0 Å². The van der Waals surface area contributed by atoms with Gasteiger partial charge < -0.3 is 10.8 Å². The zero-order chi connectivity index (χ0) is 10.1. The standard InChI is InChI=1S/C10H23NOSi/c1-13(2,3)9-5-4-6-10(12,7-9)8-11/h9,12H,4-8,11H2,1-3H3/t9-,10-/m0/s1. The second kappa shape index (κ2) is 3.71. The fraction of sp³-hybridized carbons (Fsp3) is 1.00. The highest BCUT2D eigenvalue weighted by Crippen LogP contribution is 2.41. The van der Waals surface area contributed by atoms with Crippen molar-refractivity contribution in [2.24, 2.45) is 5.73 Å². The molecule has 0 aliphatic heterocycles. The van der Waals surface area contributed by atoms with E-state index in [4.69, 9.17) is 5.73 Å². The first-order chi connectivity index (χ1) is 5.87. The molecule has 0 saturated heterocycles. The van der Waals surface area contributed by atoms with E-state index in [1.165, 1.54) is 6.42 Å². The number of aliphatic hydroxyl groups is 1. The summed E-state index contributed by atoms with van der Waals surface area (Å²) in [4.78, 5) is 0. The lowest BCUT2D eigenvalue weighted by Crippen LogP contribution is -2.45. The predicted molar refractivity (Wildman–Crippen MR) is 59.6 cm³/mol. The molecule has 3 heteroatoms.